The van der Waals surface area contributed by atoms with E-state index in [4.69, 9.17) is 8.83 Å². The SMILES string of the molecule is Ic1ccc2c(c1)oc1cc3c(cc12)oc1ccccc13. The molecular formula is C18H9IO2. The Morgan fingerprint density at radius 2 is 1.19 bits per heavy atom. The Balaban J connectivity index is 2.00. The maximum atomic E-state index is 6.01. The molecule has 2 heterocycles. The molecule has 5 aromatic rings. The molecule has 0 atom stereocenters. The molecule has 0 aliphatic heterocycles. The summed E-state index contributed by atoms with van der Waals surface area (Å²) in [5, 5.41) is 4.47. The Morgan fingerprint density at radius 1 is 0.571 bits per heavy atom. The van der Waals surface area contributed by atoms with E-state index >= 15 is 0 Å². The summed E-state index contributed by atoms with van der Waals surface area (Å²) in [7, 11) is 0. The van der Waals surface area contributed by atoms with Gasteiger partial charge in [-0.15, -0.1) is 0 Å². The van der Waals surface area contributed by atoms with Gasteiger partial charge in [-0.05, 0) is 59.0 Å². The number of halogens is 1. The number of hydrogen-bond donors (Lipinski definition) is 0. The van der Waals surface area contributed by atoms with Crippen LogP contribution in [-0.4, -0.2) is 0 Å². The molecule has 0 spiro atoms. The van der Waals surface area contributed by atoms with E-state index in [2.05, 4.69) is 59.0 Å². The average molecular weight is 384 g/mol. The monoisotopic (exact) mass is 384 g/mol. The van der Waals surface area contributed by atoms with Crippen molar-refractivity contribution in [2.75, 3.05) is 0 Å². The molecule has 3 aromatic carbocycles. The van der Waals surface area contributed by atoms with Gasteiger partial charge in [0.25, 0.3) is 0 Å². The van der Waals surface area contributed by atoms with Crippen molar-refractivity contribution in [3.05, 3.63) is 58.2 Å². The van der Waals surface area contributed by atoms with Crippen LogP contribution < -0.4 is 0 Å². The molecule has 0 radical (unpaired) electrons. The van der Waals surface area contributed by atoms with Gasteiger partial charge in [-0.25, -0.2) is 0 Å². The summed E-state index contributed by atoms with van der Waals surface area (Å²) < 4.78 is 13.1. The first kappa shape index (κ1) is 11.6. The van der Waals surface area contributed by atoms with Crippen LogP contribution in [0.1, 0.15) is 0 Å². The maximum absolute atomic E-state index is 6.01. The smallest absolute Gasteiger partial charge is 0.136 e. The van der Waals surface area contributed by atoms with Crippen molar-refractivity contribution in [2.24, 2.45) is 0 Å². The molecule has 0 fully saturated rings. The molecule has 0 saturated carbocycles. The van der Waals surface area contributed by atoms with Crippen molar-refractivity contribution in [3.8, 4) is 0 Å². The van der Waals surface area contributed by atoms with Gasteiger partial charge in [0.15, 0.2) is 0 Å². The summed E-state index contributed by atoms with van der Waals surface area (Å²) in [5.41, 5.74) is 3.66. The maximum Gasteiger partial charge on any atom is 0.136 e. The van der Waals surface area contributed by atoms with Gasteiger partial charge in [0.05, 0.1) is 0 Å². The topological polar surface area (TPSA) is 26.3 Å². The third-order valence-electron chi connectivity index (χ3n) is 3.93. The van der Waals surface area contributed by atoms with Crippen LogP contribution in [0.2, 0.25) is 0 Å². The van der Waals surface area contributed by atoms with Crippen LogP contribution in [0, 0.1) is 3.57 Å². The summed E-state index contributed by atoms with van der Waals surface area (Å²) in [6.07, 6.45) is 0. The van der Waals surface area contributed by atoms with Crippen LogP contribution in [0.3, 0.4) is 0 Å². The summed E-state index contributed by atoms with van der Waals surface area (Å²) in [6, 6.07) is 18.5. The number of furan rings is 2. The van der Waals surface area contributed by atoms with Crippen molar-refractivity contribution in [1.82, 2.24) is 0 Å². The summed E-state index contributed by atoms with van der Waals surface area (Å²) in [6.45, 7) is 0. The normalized spacial score (nSPS) is 12.0. The van der Waals surface area contributed by atoms with Crippen LogP contribution in [0.5, 0.6) is 0 Å². The fourth-order valence-electron chi connectivity index (χ4n) is 2.97. The van der Waals surface area contributed by atoms with Crippen molar-refractivity contribution < 1.29 is 8.83 Å². The first-order chi connectivity index (χ1) is 10.3. The fourth-order valence-corrected chi connectivity index (χ4v) is 3.43. The standard InChI is InChI=1S/C18H9IO2/c19-10-5-6-12-14-9-17-13(8-18(14)21-16(12)7-10)11-3-1-2-4-15(11)20-17/h1-9H. The predicted molar refractivity (Wildman–Crippen MR) is 93.7 cm³/mol. The van der Waals surface area contributed by atoms with Gasteiger partial charge in [-0.3, -0.25) is 0 Å². The second-order valence-electron chi connectivity index (χ2n) is 5.19. The van der Waals surface area contributed by atoms with Gasteiger partial charge in [0, 0.05) is 25.1 Å². The zero-order valence-corrected chi connectivity index (χ0v) is 13.0. The molecule has 0 aliphatic carbocycles. The Hall–Kier alpha value is -2.01. The van der Waals surface area contributed by atoms with E-state index in [0.29, 0.717) is 0 Å². The molecule has 0 bridgehead atoms. The van der Waals surface area contributed by atoms with Crippen molar-refractivity contribution >= 4 is 66.5 Å². The molecule has 0 unspecified atom stereocenters. The van der Waals surface area contributed by atoms with Gasteiger partial charge in [0.1, 0.15) is 22.3 Å². The molecule has 0 N–H and O–H groups in total. The van der Waals surface area contributed by atoms with Gasteiger partial charge in [-0.1, -0.05) is 18.2 Å². The summed E-state index contributed by atoms with van der Waals surface area (Å²) in [4.78, 5) is 0. The molecule has 0 amide bonds. The lowest BCUT2D eigenvalue weighted by Gasteiger charge is -1.91. The first-order valence-electron chi connectivity index (χ1n) is 6.73. The third-order valence-corrected chi connectivity index (χ3v) is 4.60. The average Bonchev–Trinajstić information content (AvgIpc) is 3.01. The van der Waals surface area contributed by atoms with Gasteiger partial charge >= 0.3 is 0 Å². The van der Waals surface area contributed by atoms with E-state index in [1.165, 1.54) is 3.57 Å². The predicted octanol–water partition coefficient (Wildman–Crippen LogP) is 6.09. The van der Waals surface area contributed by atoms with E-state index in [-0.39, 0.29) is 0 Å². The lowest BCUT2D eigenvalue weighted by atomic mass is 10.1. The fraction of sp³-hybridized carbons (Fsp3) is 0. The Bertz CT molecular complexity index is 1150. The lowest BCUT2D eigenvalue weighted by molar-refractivity contribution is 0.664. The number of benzene rings is 3. The van der Waals surface area contributed by atoms with Crippen LogP contribution >= 0.6 is 22.6 Å². The number of fused-ring (bicyclic) bond motifs is 6. The van der Waals surface area contributed by atoms with E-state index in [1.54, 1.807) is 0 Å². The van der Waals surface area contributed by atoms with Gasteiger partial charge in [-0.2, -0.15) is 0 Å². The third kappa shape index (κ3) is 1.58. The lowest BCUT2D eigenvalue weighted by Crippen LogP contribution is -1.70. The second-order valence-corrected chi connectivity index (χ2v) is 6.43. The van der Waals surface area contributed by atoms with E-state index < -0.39 is 0 Å². The molecule has 5 rings (SSSR count). The van der Waals surface area contributed by atoms with Crippen LogP contribution in [0.15, 0.2) is 63.4 Å². The van der Waals surface area contributed by atoms with Crippen LogP contribution in [0.25, 0.3) is 43.9 Å². The minimum Gasteiger partial charge on any atom is -0.456 e. The Morgan fingerprint density at radius 3 is 2.00 bits per heavy atom. The highest BCUT2D eigenvalue weighted by atomic mass is 127. The molecule has 2 nitrogen and oxygen atoms in total. The molecule has 0 saturated heterocycles. The molecule has 21 heavy (non-hydrogen) atoms. The zero-order chi connectivity index (χ0) is 14.0. The molecule has 3 heteroatoms. The molecule has 0 aliphatic rings. The van der Waals surface area contributed by atoms with Crippen LogP contribution in [0.4, 0.5) is 0 Å². The minimum absolute atomic E-state index is 0.907. The van der Waals surface area contributed by atoms with Crippen molar-refractivity contribution in [1.29, 1.82) is 0 Å². The van der Waals surface area contributed by atoms with Gasteiger partial charge in [0.2, 0.25) is 0 Å². The van der Waals surface area contributed by atoms with Crippen molar-refractivity contribution in [2.45, 2.75) is 0 Å². The van der Waals surface area contributed by atoms with Crippen molar-refractivity contribution in [3.63, 3.8) is 0 Å². The number of rotatable bonds is 0. The Labute approximate surface area is 133 Å². The largest absolute Gasteiger partial charge is 0.456 e. The number of hydrogen-bond acceptors (Lipinski definition) is 2. The Kier molecular flexibility index (Phi) is 2.22. The van der Waals surface area contributed by atoms with Gasteiger partial charge < -0.3 is 8.83 Å². The highest BCUT2D eigenvalue weighted by Gasteiger charge is 2.12. The summed E-state index contributed by atoms with van der Waals surface area (Å²) in [5.74, 6) is 0. The quantitative estimate of drug-likeness (QED) is 0.302. The molecular weight excluding hydrogens is 375 g/mol. The highest BCUT2D eigenvalue weighted by molar-refractivity contribution is 14.1. The highest BCUT2D eigenvalue weighted by Crippen LogP contribution is 2.36. The molecule has 2 aromatic heterocycles. The van der Waals surface area contributed by atoms with E-state index in [0.717, 1.165) is 43.9 Å². The zero-order valence-electron chi connectivity index (χ0n) is 10.9. The summed E-state index contributed by atoms with van der Waals surface area (Å²) >= 11 is 2.30. The minimum atomic E-state index is 0.907. The van der Waals surface area contributed by atoms with Crippen LogP contribution in [-0.2, 0) is 0 Å². The number of para-hydroxylation sites is 1. The second kappa shape index (κ2) is 4.01. The molecule has 100 valence electrons. The first-order valence-corrected chi connectivity index (χ1v) is 7.80. The van der Waals surface area contributed by atoms with E-state index in [9.17, 15) is 0 Å². The van der Waals surface area contributed by atoms with E-state index in [1.807, 2.05) is 18.2 Å².